The molecule has 0 aliphatic carbocycles. The van der Waals surface area contributed by atoms with Crippen LogP contribution >= 0.6 is 0 Å². The molecule has 0 saturated carbocycles. The topological polar surface area (TPSA) is 48.1 Å². The third-order valence-corrected chi connectivity index (χ3v) is 16.0. The maximum Gasteiger partial charge on any atom is 0.104 e. The predicted molar refractivity (Wildman–Crippen MR) is 366 cm³/mol. The molecule has 4 nitrogen and oxygen atoms in total. The molecule has 2 aliphatic heterocycles. The number of aryl methyl sites for hydroxylation is 1. The number of unbranched alkanes of at least 4 members (excludes halogenated alkanes) is 1. The highest BCUT2D eigenvalue weighted by Gasteiger charge is 2.30. The van der Waals surface area contributed by atoms with Crippen LogP contribution in [-0.4, -0.2) is 0 Å². The molecule has 0 fully saturated rings. The zero-order chi connectivity index (χ0) is 58.3. The fraction of sp³-hybridized carbons (Fsp3) is 0.111. The van der Waals surface area contributed by atoms with Crippen LogP contribution < -0.4 is 21.3 Å². The number of rotatable bonds is 10. The van der Waals surface area contributed by atoms with Crippen LogP contribution in [-0.2, 0) is 0 Å². The van der Waals surface area contributed by atoms with Gasteiger partial charge in [-0.25, -0.2) is 0 Å². The zero-order valence-electron chi connectivity index (χ0n) is 48.9. The van der Waals surface area contributed by atoms with Crippen molar-refractivity contribution in [3.63, 3.8) is 0 Å². The number of hydrogen-bond donors (Lipinski definition) is 4. The van der Waals surface area contributed by atoms with Crippen LogP contribution in [0.4, 0.5) is 11.4 Å². The molecule has 4 N–H and O–H groups in total. The Kier molecular flexibility index (Phi) is 18.4. The van der Waals surface area contributed by atoms with E-state index in [1.54, 1.807) is 12.2 Å². The minimum atomic E-state index is -0.0798. The Bertz CT molecular complexity index is 4090. The van der Waals surface area contributed by atoms with Gasteiger partial charge in [0.05, 0.1) is 12.1 Å². The summed E-state index contributed by atoms with van der Waals surface area (Å²) in [4.78, 5) is 0. The molecule has 14 rings (SSSR count). The van der Waals surface area contributed by atoms with E-state index in [0.29, 0.717) is 0 Å². The number of nitrogens with one attached hydrogen (secondary N) is 4. The Hall–Kier alpha value is -9.84. The number of anilines is 2. The molecular weight excluding hydrogens is 1030 g/mol. The lowest BCUT2D eigenvalue weighted by Gasteiger charge is -2.36. The fourth-order valence-corrected chi connectivity index (χ4v) is 11.8. The molecule has 2 aliphatic rings. The summed E-state index contributed by atoms with van der Waals surface area (Å²) in [5.41, 5.74) is 16.0. The summed E-state index contributed by atoms with van der Waals surface area (Å²) < 4.78 is 0. The van der Waals surface area contributed by atoms with Gasteiger partial charge in [0.15, 0.2) is 0 Å². The van der Waals surface area contributed by atoms with Crippen molar-refractivity contribution >= 4 is 54.5 Å². The maximum atomic E-state index is 4.01. The molecule has 0 amide bonds. The first-order valence-corrected chi connectivity index (χ1v) is 29.7. The number of hydrogen-bond acceptors (Lipinski definition) is 4. The fourth-order valence-electron chi connectivity index (χ4n) is 11.8. The molecule has 2 heterocycles. The van der Waals surface area contributed by atoms with E-state index in [-0.39, 0.29) is 24.4 Å². The molecule has 4 atom stereocenters. The summed E-state index contributed by atoms with van der Waals surface area (Å²) in [5.74, 6) is 0. The minimum Gasteiger partial charge on any atom is -0.366 e. The van der Waals surface area contributed by atoms with E-state index in [9.17, 15) is 0 Å². The summed E-state index contributed by atoms with van der Waals surface area (Å²) in [6.07, 6.45) is 14.0. The Balaban J connectivity index is 0.000000274. The Labute approximate surface area is 502 Å². The zero-order valence-corrected chi connectivity index (χ0v) is 48.9. The van der Waals surface area contributed by atoms with Crippen LogP contribution in [0.3, 0.4) is 0 Å². The first kappa shape index (κ1) is 57.0. The molecule has 0 aromatic heterocycles. The first-order chi connectivity index (χ1) is 41.9. The van der Waals surface area contributed by atoms with E-state index < -0.39 is 0 Å². The van der Waals surface area contributed by atoms with E-state index in [1.807, 2.05) is 0 Å². The molecule has 12 aromatic rings. The summed E-state index contributed by atoms with van der Waals surface area (Å²) in [5, 5.41) is 25.8. The average molecular weight is 1100 g/mol. The Morgan fingerprint density at radius 1 is 0.353 bits per heavy atom. The van der Waals surface area contributed by atoms with Gasteiger partial charge in [-0.05, 0) is 169 Å². The first-order valence-electron chi connectivity index (χ1n) is 29.7. The van der Waals surface area contributed by atoms with Gasteiger partial charge >= 0.3 is 0 Å². The van der Waals surface area contributed by atoms with Crippen molar-refractivity contribution in [2.75, 3.05) is 10.6 Å². The maximum absolute atomic E-state index is 4.01. The van der Waals surface area contributed by atoms with E-state index in [2.05, 4.69) is 340 Å². The smallest absolute Gasteiger partial charge is 0.104 e. The third kappa shape index (κ3) is 13.3. The second-order valence-corrected chi connectivity index (χ2v) is 21.7. The van der Waals surface area contributed by atoms with Crippen LogP contribution in [0.2, 0.25) is 0 Å². The third-order valence-electron chi connectivity index (χ3n) is 16.0. The van der Waals surface area contributed by atoms with Gasteiger partial charge in [0.1, 0.15) is 12.3 Å². The van der Waals surface area contributed by atoms with Crippen molar-refractivity contribution in [1.29, 1.82) is 0 Å². The lowest BCUT2D eigenvalue weighted by Crippen LogP contribution is -2.37. The van der Waals surface area contributed by atoms with E-state index in [4.69, 9.17) is 0 Å². The van der Waals surface area contributed by atoms with Gasteiger partial charge in [0, 0.05) is 11.4 Å². The van der Waals surface area contributed by atoms with Crippen LogP contribution in [0.1, 0.15) is 90.0 Å². The number of benzene rings is 12. The lowest BCUT2D eigenvalue weighted by molar-refractivity contribution is 0.506. The Morgan fingerprint density at radius 3 is 1.24 bits per heavy atom. The van der Waals surface area contributed by atoms with Gasteiger partial charge in [-0.2, -0.15) is 0 Å². The van der Waals surface area contributed by atoms with Crippen molar-refractivity contribution in [3.8, 4) is 22.3 Å². The quantitative estimate of drug-likeness (QED) is 0.0626. The van der Waals surface area contributed by atoms with Gasteiger partial charge in [0.2, 0.25) is 0 Å². The molecular formula is C81H74N4. The molecule has 4 heteroatoms. The normalized spacial score (nSPS) is 15.9. The van der Waals surface area contributed by atoms with Gasteiger partial charge < -0.3 is 10.6 Å². The monoisotopic (exact) mass is 1100 g/mol. The number of allylic oxidation sites excluding steroid dienone is 6. The second-order valence-electron chi connectivity index (χ2n) is 21.7. The molecule has 0 bridgehead atoms. The van der Waals surface area contributed by atoms with Crippen molar-refractivity contribution in [2.45, 2.75) is 58.0 Å². The molecule has 4 unspecified atom stereocenters. The average Bonchev–Trinajstić information content (AvgIpc) is 3.18. The standard InChI is InChI=1S/C58H44N4.C11H10.C8H14.C4H6/c1-3-21-47-37(13-1)15-11-25-49(47)41-17-9-19-43(35-41)55-51-23-5-7-27-53(51)59-57(61-55)45-31-29-40-34-46(32-30-39(40)33-45)58-60-54-28-8-6-24-52(54)56(62-58)44-20-10-18-42(36-44)50-26-12-16-38-14-2-4-22-48(38)50;1-9-6-7-10-4-2-3-5-11(10)8-9;1-3-5-7-8-6-4-2;1-3-4-2/h1-36,55-62H;2-8H,1H3;3-6H,7-8H2,1-2H3;3-4H,1-2H2/b;;5-3-,6-4-;. The van der Waals surface area contributed by atoms with Crippen molar-refractivity contribution < 1.29 is 0 Å². The largest absolute Gasteiger partial charge is 0.366 e. The van der Waals surface area contributed by atoms with Crippen molar-refractivity contribution in [3.05, 3.63) is 349 Å². The van der Waals surface area contributed by atoms with Gasteiger partial charge in [0.25, 0.3) is 0 Å². The lowest BCUT2D eigenvalue weighted by atomic mass is 9.90. The SMILES string of the molecule is C/C=C\CC/C=C\C.C=CC=C.Cc1ccc2ccccc2c1.c1cc(-c2cccc3ccccc23)cc(C2NC(c3ccc4cc(C5Nc6ccccc6C(c6cccc(-c7cccc8ccccc78)c6)N5)ccc4c3)Nc3ccccc32)c1. The highest BCUT2D eigenvalue weighted by Crippen LogP contribution is 2.42. The van der Waals surface area contributed by atoms with Crippen LogP contribution in [0.15, 0.2) is 310 Å². The van der Waals surface area contributed by atoms with Crippen LogP contribution in [0, 0.1) is 6.92 Å². The molecule has 418 valence electrons. The molecule has 0 spiro atoms. The van der Waals surface area contributed by atoms with Crippen LogP contribution in [0.5, 0.6) is 0 Å². The summed E-state index contributed by atoms with van der Waals surface area (Å²) in [6.45, 7) is 12.9. The van der Waals surface area contributed by atoms with Gasteiger partial charge in [-0.1, -0.05) is 280 Å². The minimum absolute atomic E-state index is 0.0115. The van der Waals surface area contributed by atoms with Gasteiger partial charge in [-0.15, -0.1) is 0 Å². The number of fused-ring (bicyclic) bond motifs is 6. The van der Waals surface area contributed by atoms with Gasteiger partial charge in [-0.3, -0.25) is 10.6 Å². The second kappa shape index (κ2) is 27.5. The molecule has 0 saturated heterocycles. The van der Waals surface area contributed by atoms with Crippen molar-refractivity contribution in [1.82, 2.24) is 10.6 Å². The molecule has 12 aromatic carbocycles. The predicted octanol–water partition coefficient (Wildman–Crippen LogP) is 21.5. The molecule has 85 heavy (non-hydrogen) atoms. The summed E-state index contributed by atoms with van der Waals surface area (Å²) in [6, 6.07) is 94.6. The summed E-state index contributed by atoms with van der Waals surface area (Å²) >= 11 is 0. The Morgan fingerprint density at radius 2 is 0.753 bits per heavy atom. The van der Waals surface area contributed by atoms with Crippen LogP contribution in [0.25, 0.3) is 65.3 Å². The highest BCUT2D eigenvalue weighted by molar-refractivity contribution is 5.98. The number of para-hydroxylation sites is 2. The summed E-state index contributed by atoms with van der Waals surface area (Å²) in [7, 11) is 0. The van der Waals surface area contributed by atoms with E-state index in [1.165, 1.54) is 117 Å². The molecule has 0 radical (unpaired) electrons. The van der Waals surface area contributed by atoms with Crippen molar-refractivity contribution in [2.24, 2.45) is 0 Å². The highest BCUT2D eigenvalue weighted by atomic mass is 15.2. The van der Waals surface area contributed by atoms with E-state index >= 15 is 0 Å². The van der Waals surface area contributed by atoms with E-state index in [0.717, 1.165) is 11.4 Å².